The number of hydrogen-bond donors (Lipinski definition) is 1. The average molecular weight is 387 g/mol. The summed E-state index contributed by atoms with van der Waals surface area (Å²) in [5, 5.41) is 3.46. The van der Waals surface area contributed by atoms with Crippen LogP contribution in [0.1, 0.15) is 21.5 Å². The number of hydrogen-bond acceptors (Lipinski definition) is 3. The van der Waals surface area contributed by atoms with E-state index >= 15 is 0 Å². The Bertz CT molecular complexity index is 873. The lowest BCUT2D eigenvalue weighted by atomic mass is 10.1. The van der Waals surface area contributed by atoms with Gasteiger partial charge in [-0.1, -0.05) is 57.1 Å². The fraction of sp³-hybridized carbons (Fsp3) is 0.111. The summed E-state index contributed by atoms with van der Waals surface area (Å²) >= 11 is 4.85. The number of aromatic nitrogens is 1. The molecular formula is C18H15BrN2OS. The summed E-state index contributed by atoms with van der Waals surface area (Å²) in [5.41, 5.74) is 4.19. The van der Waals surface area contributed by atoms with Crippen LogP contribution in [-0.2, 0) is 0 Å². The minimum absolute atomic E-state index is 0.159. The second-order valence-corrected chi connectivity index (χ2v) is 7.26. The van der Waals surface area contributed by atoms with E-state index < -0.39 is 0 Å². The van der Waals surface area contributed by atoms with Crippen LogP contribution in [0.15, 0.2) is 53.1 Å². The molecule has 0 unspecified atom stereocenters. The van der Waals surface area contributed by atoms with Gasteiger partial charge in [0.25, 0.3) is 5.91 Å². The number of carbonyl (C=O) groups is 1. The molecule has 0 atom stereocenters. The van der Waals surface area contributed by atoms with Gasteiger partial charge in [-0.15, -0.1) is 0 Å². The zero-order valence-electron chi connectivity index (χ0n) is 12.8. The van der Waals surface area contributed by atoms with Crippen molar-refractivity contribution in [1.29, 1.82) is 0 Å². The van der Waals surface area contributed by atoms with E-state index in [1.807, 2.05) is 12.1 Å². The van der Waals surface area contributed by atoms with Crippen molar-refractivity contribution in [3.63, 3.8) is 0 Å². The van der Waals surface area contributed by atoms with Crippen molar-refractivity contribution >= 4 is 38.3 Å². The fourth-order valence-electron chi connectivity index (χ4n) is 2.35. The summed E-state index contributed by atoms with van der Waals surface area (Å²) in [4.78, 5) is 17.6. The number of aryl methyl sites for hydroxylation is 2. The molecule has 0 fully saturated rings. The molecular weight excluding hydrogens is 372 g/mol. The highest BCUT2D eigenvalue weighted by Crippen LogP contribution is 2.31. The quantitative estimate of drug-likeness (QED) is 0.650. The molecule has 0 aliphatic rings. The molecule has 0 aliphatic carbocycles. The van der Waals surface area contributed by atoms with E-state index in [4.69, 9.17) is 0 Å². The number of halogens is 1. The van der Waals surface area contributed by atoms with Crippen molar-refractivity contribution in [3.8, 4) is 10.4 Å². The maximum atomic E-state index is 12.3. The Balaban J connectivity index is 1.81. The van der Waals surface area contributed by atoms with Gasteiger partial charge >= 0.3 is 0 Å². The molecule has 0 saturated carbocycles. The number of nitrogens with zero attached hydrogens (tertiary/aromatic N) is 1. The SMILES string of the molecule is Cc1ccc(-c2cnc(NC(=O)c3cccc(Br)c3)s2)c(C)c1. The van der Waals surface area contributed by atoms with Gasteiger partial charge < -0.3 is 0 Å². The zero-order valence-corrected chi connectivity index (χ0v) is 15.2. The van der Waals surface area contributed by atoms with Gasteiger partial charge in [-0.2, -0.15) is 0 Å². The van der Waals surface area contributed by atoms with Crippen molar-refractivity contribution in [2.45, 2.75) is 13.8 Å². The number of nitrogens with one attached hydrogen (secondary N) is 1. The summed E-state index contributed by atoms with van der Waals surface area (Å²) < 4.78 is 0.875. The first kappa shape index (κ1) is 15.9. The largest absolute Gasteiger partial charge is 0.298 e. The highest BCUT2D eigenvalue weighted by atomic mass is 79.9. The normalized spacial score (nSPS) is 10.6. The summed E-state index contributed by atoms with van der Waals surface area (Å²) in [6.45, 7) is 4.16. The standard InChI is InChI=1S/C18H15BrN2OS/c1-11-6-7-15(12(2)8-11)16-10-20-18(23-16)21-17(22)13-4-3-5-14(19)9-13/h3-10H,1-2H3,(H,20,21,22). The molecule has 5 heteroatoms. The van der Waals surface area contributed by atoms with Gasteiger partial charge in [0, 0.05) is 16.2 Å². The van der Waals surface area contributed by atoms with E-state index in [1.54, 1.807) is 18.3 Å². The topological polar surface area (TPSA) is 42.0 Å². The summed E-state index contributed by atoms with van der Waals surface area (Å²) in [6, 6.07) is 13.6. The average Bonchev–Trinajstić information content (AvgIpc) is 2.95. The van der Waals surface area contributed by atoms with Crippen LogP contribution < -0.4 is 5.32 Å². The number of benzene rings is 2. The summed E-state index contributed by atoms with van der Waals surface area (Å²) in [6.07, 6.45) is 1.80. The first-order valence-electron chi connectivity index (χ1n) is 7.13. The van der Waals surface area contributed by atoms with Gasteiger partial charge in [0.1, 0.15) is 0 Å². The van der Waals surface area contributed by atoms with Crippen molar-refractivity contribution in [2.24, 2.45) is 0 Å². The number of anilines is 1. The van der Waals surface area contributed by atoms with Crippen LogP contribution in [0.25, 0.3) is 10.4 Å². The number of carbonyl (C=O) groups excluding carboxylic acids is 1. The molecule has 2 aromatic carbocycles. The van der Waals surface area contributed by atoms with Gasteiger partial charge in [0.2, 0.25) is 0 Å². The lowest BCUT2D eigenvalue weighted by Gasteiger charge is -2.04. The maximum Gasteiger partial charge on any atom is 0.257 e. The highest BCUT2D eigenvalue weighted by molar-refractivity contribution is 9.10. The molecule has 0 spiro atoms. The van der Waals surface area contributed by atoms with E-state index in [9.17, 15) is 4.79 Å². The lowest BCUT2D eigenvalue weighted by molar-refractivity contribution is 0.102. The second-order valence-electron chi connectivity index (χ2n) is 5.31. The molecule has 0 aliphatic heterocycles. The van der Waals surface area contributed by atoms with Crippen molar-refractivity contribution < 1.29 is 4.79 Å². The van der Waals surface area contributed by atoms with E-state index in [0.717, 1.165) is 14.9 Å². The van der Waals surface area contributed by atoms with Gasteiger partial charge in [-0.3, -0.25) is 10.1 Å². The van der Waals surface area contributed by atoms with Gasteiger partial charge in [0.15, 0.2) is 5.13 Å². The lowest BCUT2D eigenvalue weighted by Crippen LogP contribution is -2.11. The third-order valence-corrected chi connectivity index (χ3v) is 4.90. The Morgan fingerprint density at radius 3 is 2.74 bits per heavy atom. The number of amides is 1. The Kier molecular flexibility index (Phi) is 4.59. The van der Waals surface area contributed by atoms with Crippen molar-refractivity contribution in [3.05, 3.63) is 69.8 Å². The monoisotopic (exact) mass is 386 g/mol. The van der Waals surface area contributed by atoms with Gasteiger partial charge in [-0.25, -0.2) is 4.98 Å². The first-order valence-corrected chi connectivity index (χ1v) is 8.74. The first-order chi connectivity index (χ1) is 11.0. The number of thiazole rings is 1. The van der Waals surface area contributed by atoms with E-state index in [-0.39, 0.29) is 5.91 Å². The molecule has 0 bridgehead atoms. The molecule has 116 valence electrons. The van der Waals surface area contributed by atoms with Crippen LogP contribution in [0.5, 0.6) is 0 Å². The summed E-state index contributed by atoms with van der Waals surface area (Å²) in [5.74, 6) is -0.159. The van der Waals surface area contributed by atoms with Crippen molar-refractivity contribution in [2.75, 3.05) is 5.32 Å². The molecule has 3 rings (SSSR count). The van der Waals surface area contributed by atoms with Crippen LogP contribution in [-0.4, -0.2) is 10.9 Å². The molecule has 3 nitrogen and oxygen atoms in total. The van der Waals surface area contributed by atoms with Crippen LogP contribution >= 0.6 is 27.3 Å². The highest BCUT2D eigenvalue weighted by Gasteiger charge is 2.11. The van der Waals surface area contributed by atoms with Crippen LogP contribution in [0.4, 0.5) is 5.13 Å². The predicted octanol–water partition coefficient (Wildman–Crippen LogP) is 5.44. The minimum Gasteiger partial charge on any atom is -0.298 e. The van der Waals surface area contributed by atoms with Crippen LogP contribution in [0, 0.1) is 13.8 Å². The van der Waals surface area contributed by atoms with Crippen molar-refractivity contribution in [1.82, 2.24) is 4.98 Å². The number of rotatable bonds is 3. The third-order valence-electron chi connectivity index (χ3n) is 3.46. The van der Waals surface area contributed by atoms with Crippen LogP contribution in [0.3, 0.4) is 0 Å². The minimum atomic E-state index is -0.159. The maximum absolute atomic E-state index is 12.3. The van der Waals surface area contributed by atoms with E-state index in [0.29, 0.717) is 10.7 Å². The smallest absolute Gasteiger partial charge is 0.257 e. The van der Waals surface area contributed by atoms with E-state index in [2.05, 4.69) is 58.3 Å². The molecule has 3 aromatic rings. The Hall–Kier alpha value is -1.98. The zero-order chi connectivity index (χ0) is 16.4. The fourth-order valence-corrected chi connectivity index (χ4v) is 3.65. The second kappa shape index (κ2) is 6.64. The Labute approximate surface area is 147 Å². The van der Waals surface area contributed by atoms with Crippen LogP contribution in [0.2, 0.25) is 0 Å². The van der Waals surface area contributed by atoms with Gasteiger partial charge in [0.05, 0.1) is 4.88 Å². The molecule has 1 aromatic heterocycles. The molecule has 0 radical (unpaired) electrons. The van der Waals surface area contributed by atoms with Gasteiger partial charge in [-0.05, 0) is 43.2 Å². The molecule has 0 saturated heterocycles. The predicted molar refractivity (Wildman–Crippen MR) is 99.1 cm³/mol. The summed E-state index contributed by atoms with van der Waals surface area (Å²) in [7, 11) is 0. The molecule has 1 N–H and O–H groups in total. The third kappa shape index (κ3) is 3.68. The molecule has 23 heavy (non-hydrogen) atoms. The molecule has 1 heterocycles. The Morgan fingerprint density at radius 1 is 1.17 bits per heavy atom. The Morgan fingerprint density at radius 2 is 2.00 bits per heavy atom. The molecule has 1 amide bonds. The van der Waals surface area contributed by atoms with E-state index in [1.165, 1.54) is 22.5 Å².